The summed E-state index contributed by atoms with van der Waals surface area (Å²) in [5.41, 5.74) is 0.990. The SMILES string of the molecule is C=C1CC[C@H]2[C@@](C)(CCC(=O)[C@@]2(C)CO)[C@@H]1C/C=C1/C(=O)OC[C@H]1O[Si](C)(C)C(C)(C)C. The minimum Gasteiger partial charge on any atom is -0.459 e. The second-order valence-corrected chi connectivity index (χ2v) is 16.9. The molecule has 0 unspecified atom stereocenters. The molecule has 0 aromatic rings. The molecule has 3 aliphatic rings. The van der Waals surface area contributed by atoms with E-state index in [-0.39, 0.29) is 53.4 Å². The Bertz CT molecular complexity index is 823. The number of allylic oxidation sites excluding steroid dienone is 2. The summed E-state index contributed by atoms with van der Waals surface area (Å²) in [4.78, 5) is 25.3. The normalized spacial score (nSPS) is 37.6. The second kappa shape index (κ2) is 8.52. The van der Waals surface area contributed by atoms with E-state index in [9.17, 15) is 14.7 Å². The summed E-state index contributed by atoms with van der Waals surface area (Å²) < 4.78 is 11.9. The van der Waals surface area contributed by atoms with Crippen molar-refractivity contribution in [1.29, 1.82) is 0 Å². The van der Waals surface area contributed by atoms with Crippen molar-refractivity contribution >= 4 is 20.1 Å². The van der Waals surface area contributed by atoms with Crippen LogP contribution in [0.2, 0.25) is 18.1 Å². The van der Waals surface area contributed by atoms with E-state index in [4.69, 9.17) is 9.16 Å². The summed E-state index contributed by atoms with van der Waals surface area (Å²) in [7, 11) is -2.05. The zero-order valence-corrected chi connectivity index (χ0v) is 22.0. The number of ketones is 1. The number of fused-ring (bicyclic) bond motifs is 1. The van der Waals surface area contributed by atoms with E-state index >= 15 is 0 Å². The van der Waals surface area contributed by atoms with Crippen molar-refractivity contribution in [3.8, 4) is 0 Å². The van der Waals surface area contributed by atoms with Crippen LogP contribution in [0.5, 0.6) is 0 Å². The van der Waals surface area contributed by atoms with E-state index in [1.54, 1.807) is 0 Å². The minimum atomic E-state index is -2.05. The number of carbonyl (C=O) groups excluding carboxylic acids is 2. The Morgan fingerprint density at radius 3 is 2.50 bits per heavy atom. The van der Waals surface area contributed by atoms with E-state index < -0.39 is 13.7 Å². The topological polar surface area (TPSA) is 72.8 Å². The van der Waals surface area contributed by atoms with E-state index in [0.717, 1.165) is 19.3 Å². The quantitative estimate of drug-likeness (QED) is 0.263. The van der Waals surface area contributed by atoms with Crippen LogP contribution in [-0.4, -0.2) is 44.5 Å². The molecule has 180 valence electrons. The van der Waals surface area contributed by atoms with Crippen molar-refractivity contribution in [2.45, 2.75) is 91.0 Å². The lowest BCUT2D eigenvalue weighted by Crippen LogP contribution is -2.55. The first kappa shape index (κ1) is 25.4. The third kappa shape index (κ3) is 4.19. The van der Waals surface area contributed by atoms with Crippen molar-refractivity contribution < 1.29 is 23.9 Å². The molecular formula is C26H42O5Si. The van der Waals surface area contributed by atoms with Crippen LogP contribution in [0.25, 0.3) is 0 Å². The number of hydrogen-bond donors (Lipinski definition) is 1. The summed E-state index contributed by atoms with van der Waals surface area (Å²) in [6.07, 6.45) is 5.40. The van der Waals surface area contributed by atoms with Crippen LogP contribution in [0.3, 0.4) is 0 Å². The van der Waals surface area contributed by atoms with Gasteiger partial charge in [-0.2, -0.15) is 0 Å². The molecule has 5 atom stereocenters. The summed E-state index contributed by atoms with van der Waals surface area (Å²) in [6.45, 7) is 19.7. The average Bonchev–Trinajstić information content (AvgIpc) is 3.02. The number of aliphatic hydroxyl groups excluding tert-OH is 1. The average molecular weight is 463 g/mol. The fourth-order valence-electron chi connectivity index (χ4n) is 5.98. The molecule has 0 spiro atoms. The van der Waals surface area contributed by atoms with E-state index in [1.807, 2.05) is 13.0 Å². The Kier molecular flexibility index (Phi) is 6.75. The summed E-state index contributed by atoms with van der Waals surface area (Å²) >= 11 is 0. The zero-order valence-electron chi connectivity index (χ0n) is 21.0. The Labute approximate surface area is 194 Å². The van der Waals surface area contributed by atoms with Crippen molar-refractivity contribution in [1.82, 2.24) is 0 Å². The van der Waals surface area contributed by atoms with Gasteiger partial charge in [0.15, 0.2) is 8.32 Å². The molecule has 0 aromatic heterocycles. The largest absolute Gasteiger partial charge is 0.459 e. The van der Waals surface area contributed by atoms with Crippen molar-refractivity contribution in [3.63, 3.8) is 0 Å². The molecule has 1 N–H and O–H groups in total. The maximum atomic E-state index is 12.7. The fourth-order valence-corrected chi connectivity index (χ4v) is 7.24. The van der Waals surface area contributed by atoms with Crippen molar-refractivity contribution in [3.05, 3.63) is 23.8 Å². The molecule has 5 nitrogen and oxygen atoms in total. The first-order chi connectivity index (χ1) is 14.7. The van der Waals surface area contributed by atoms with E-state index in [2.05, 4.69) is 47.4 Å². The first-order valence-corrected chi connectivity index (χ1v) is 14.9. The number of Topliss-reactive ketones (excluding diaryl/α,β-unsaturated/α-hetero) is 1. The lowest BCUT2D eigenvalue weighted by Gasteiger charge is -2.57. The number of rotatable bonds is 5. The fraction of sp³-hybridized carbons (Fsp3) is 0.769. The second-order valence-electron chi connectivity index (χ2n) is 12.2. The molecule has 2 saturated carbocycles. The van der Waals surface area contributed by atoms with Crippen molar-refractivity contribution in [2.75, 3.05) is 13.2 Å². The van der Waals surface area contributed by atoms with Crippen LogP contribution in [-0.2, 0) is 18.8 Å². The van der Waals surface area contributed by atoms with Gasteiger partial charge in [0, 0.05) is 6.42 Å². The van der Waals surface area contributed by atoms with Crippen LogP contribution >= 0.6 is 0 Å². The van der Waals surface area contributed by atoms with Crippen LogP contribution < -0.4 is 0 Å². The number of cyclic esters (lactones) is 1. The maximum Gasteiger partial charge on any atom is 0.336 e. The van der Waals surface area contributed by atoms with Crippen LogP contribution in [0.15, 0.2) is 23.8 Å². The van der Waals surface area contributed by atoms with Gasteiger partial charge in [-0.1, -0.05) is 52.8 Å². The standard InChI is InChI=1S/C26H42O5Si/c1-17-9-12-21-25(5,14-13-22(28)26(21,6)16-27)19(17)11-10-18-20(15-30-23(18)29)31-32(7,8)24(2,3)4/h10,19-21,27H,1,9,11-16H2,2-8H3/b18-10+/t19-,20-,21+,25+,26+/m1/s1. The maximum absolute atomic E-state index is 12.7. The Balaban J connectivity index is 1.87. The van der Waals surface area contributed by atoms with Gasteiger partial charge in [0.2, 0.25) is 0 Å². The Hall–Kier alpha value is -1.24. The van der Waals surface area contributed by atoms with Gasteiger partial charge in [0.1, 0.15) is 18.5 Å². The number of carbonyl (C=O) groups is 2. The van der Waals surface area contributed by atoms with Gasteiger partial charge < -0.3 is 14.3 Å². The highest BCUT2D eigenvalue weighted by Crippen LogP contribution is 2.60. The highest BCUT2D eigenvalue weighted by Gasteiger charge is 2.57. The molecule has 1 heterocycles. The predicted molar refractivity (Wildman–Crippen MR) is 129 cm³/mol. The molecule has 0 radical (unpaired) electrons. The number of esters is 1. The summed E-state index contributed by atoms with van der Waals surface area (Å²) in [5, 5.41) is 10.2. The molecule has 6 heteroatoms. The molecule has 0 aromatic carbocycles. The molecule has 1 aliphatic heterocycles. The number of ether oxygens (including phenoxy) is 1. The van der Waals surface area contributed by atoms with Gasteiger partial charge in [0.05, 0.1) is 17.6 Å². The van der Waals surface area contributed by atoms with Crippen LogP contribution in [0, 0.1) is 22.7 Å². The third-order valence-electron chi connectivity index (χ3n) is 9.23. The third-order valence-corrected chi connectivity index (χ3v) is 13.7. The molecule has 3 fully saturated rings. The molecular weight excluding hydrogens is 420 g/mol. The highest BCUT2D eigenvalue weighted by molar-refractivity contribution is 6.74. The molecule has 1 saturated heterocycles. The molecule has 32 heavy (non-hydrogen) atoms. The smallest absolute Gasteiger partial charge is 0.336 e. The van der Waals surface area contributed by atoms with Crippen LogP contribution in [0.4, 0.5) is 0 Å². The minimum absolute atomic E-state index is 0.0471. The number of hydrogen-bond acceptors (Lipinski definition) is 5. The molecule has 2 aliphatic carbocycles. The van der Waals surface area contributed by atoms with Crippen LogP contribution in [0.1, 0.15) is 66.7 Å². The lowest BCUT2D eigenvalue weighted by molar-refractivity contribution is -0.151. The number of aliphatic hydroxyl groups is 1. The first-order valence-electron chi connectivity index (χ1n) is 12.0. The van der Waals surface area contributed by atoms with E-state index in [1.165, 1.54) is 5.57 Å². The van der Waals surface area contributed by atoms with Gasteiger partial charge in [-0.15, -0.1) is 0 Å². The van der Waals surface area contributed by atoms with Gasteiger partial charge in [0.25, 0.3) is 0 Å². The Morgan fingerprint density at radius 2 is 1.91 bits per heavy atom. The van der Waals surface area contributed by atoms with Gasteiger partial charge >= 0.3 is 5.97 Å². The monoisotopic (exact) mass is 462 g/mol. The Morgan fingerprint density at radius 1 is 1.25 bits per heavy atom. The highest BCUT2D eigenvalue weighted by atomic mass is 28.4. The predicted octanol–water partition coefficient (Wildman–Crippen LogP) is 5.20. The molecule has 0 bridgehead atoms. The summed E-state index contributed by atoms with van der Waals surface area (Å²) in [6, 6.07) is 0. The van der Waals surface area contributed by atoms with Gasteiger partial charge in [-0.3, -0.25) is 4.79 Å². The zero-order chi connectivity index (χ0) is 24.1. The van der Waals surface area contributed by atoms with E-state index in [0.29, 0.717) is 18.4 Å². The van der Waals surface area contributed by atoms with Crippen molar-refractivity contribution in [2.24, 2.45) is 22.7 Å². The molecule has 3 rings (SSSR count). The lowest BCUT2D eigenvalue weighted by atomic mass is 9.46. The van der Waals surface area contributed by atoms with Gasteiger partial charge in [-0.25, -0.2) is 4.79 Å². The van der Waals surface area contributed by atoms with Gasteiger partial charge in [-0.05, 0) is 61.1 Å². The summed E-state index contributed by atoms with van der Waals surface area (Å²) in [5.74, 6) is 0.171. The molecule has 0 amide bonds.